The number of dihydropyridines is 1. The monoisotopic (exact) mass is 370 g/mol. The molecule has 4 nitrogen and oxygen atoms in total. The molecule has 0 bridgehead atoms. The van der Waals surface area contributed by atoms with Crippen molar-refractivity contribution < 1.29 is 0 Å². The van der Waals surface area contributed by atoms with Gasteiger partial charge in [0.25, 0.3) is 0 Å². The number of aromatic amines is 1. The van der Waals surface area contributed by atoms with Crippen molar-refractivity contribution in [2.45, 2.75) is 25.9 Å². The minimum Gasteiger partial charge on any atom is -0.381 e. The molecule has 0 saturated heterocycles. The summed E-state index contributed by atoms with van der Waals surface area (Å²) in [5.74, 6) is 1.20. The van der Waals surface area contributed by atoms with Gasteiger partial charge in [0.1, 0.15) is 5.82 Å². The molecule has 0 fully saturated rings. The summed E-state index contributed by atoms with van der Waals surface area (Å²) in [4.78, 5) is 5.81. The van der Waals surface area contributed by atoms with Gasteiger partial charge in [0.2, 0.25) is 0 Å². The number of anilines is 1. The first-order chi connectivity index (χ1) is 13.6. The third kappa shape index (κ3) is 2.68. The molecule has 0 radical (unpaired) electrons. The number of H-pyrrole nitrogens is 1. The Morgan fingerprint density at radius 2 is 1.93 bits per heavy atom. The second kappa shape index (κ2) is 6.48. The fourth-order valence-corrected chi connectivity index (χ4v) is 4.35. The van der Waals surface area contributed by atoms with E-state index in [1.54, 1.807) is 0 Å². The van der Waals surface area contributed by atoms with E-state index in [1.807, 2.05) is 0 Å². The van der Waals surface area contributed by atoms with Crippen molar-refractivity contribution in [1.29, 1.82) is 0 Å². The van der Waals surface area contributed by atoms with Crippen LogP contribution in [0.25, 0.3) is 24.0 Å². The Morgan fingerprint density at radius 1 is 1.07 bits per heavy atom. The Kier molecular flexibility index (Phi) is 3.93. The molecule has 142 valence electrons. The number of likely N-dealkylation sites (N-methyl/N-ethyl adjacent to an activating group) is 1. The zero-order valence-corrected chi connectivity index (χ0v) is 16.6. The van der Waals surface area contributed by atoms with Crippen LogP contribution in [0.2, 0.25) is 0 Å². The molecule has 2 aromatic rings. The van der Waals surface area contributed by atoms with Crippen LogP contribution in [0.4, 0.5) is 5.82 Å². The highest BCUT2D eigenvalue weighted by Crippen LogP contribution is 2.25. The largest absolute Gasteiger partial charge is 0.381 e. The number of hydrogen-bond donors (Lipinski definition) is 3. The van der Waals surface area contributed by atoms with Gasteiger partial charge >= 0.3 is 0 Å². The smallest absolute Gasteiger partial charge is 0.114 e. The number of nitrogens with one attached hydrogen (secondary N) is 3. The van der Waals surface area contributed by atoms with E-state index in [9.17, 15) is 0 Å². The molecule has 2 unspecified atom stereocenters. The van der Waals surface area contributed by atoms with Gasteiger partial charge in [-0.3, -0.25) is 0 Å². The number of rotatable bonds is 2. The summed E-state index contributed by atoms with van der Waals surface area (Å²) >= 11 is 0. The second-order valence-electron chi connectivity index (χ2n) is 7.90. The zero-order chi connectivity index (χ0) is 19.3. The van der Waals surface area contributed by atoms with Gasteiger partial charge in [-0.25, -0.2) is 0 Å². The van der Waals surface area contributed by atoms with Gasteiger partial charge < -0.3 is 20.5 Å². The molecule has 4 heterocycles. The average Bonchev–Trinajstić information content (AvgIpc) is 3.08. The van der Waals surface area contributed by atoms with E-state index in [4.69, 9.17) is 0 Å². The SMILES string of the molecule is CC1=C(c2ccccc2C)NC(C2C=c3c4c([nH]c3=CN2)N(C)CC=C4)C=C1. The molecule has 3 N–H and O–H groups in total. The predicted octanol–water partition coefficient (Wildman–Crippen LogP) is 2.24. The lowest BCUT2D eigenvalue weighted by Crippen LogP contribution is -2.49. The number of fused-ring (bicyclic) bond motifs is 3. The molecule has 0 saturated carbocycles. The second-order valence-corrected chi connectivity index (χ2v) is 7.90. The van der Waals surface area contributed by atoms with E-state index in [2.05, 4.69) is 102 Å². The van der Waals surface area contributed by atoms with Crippen LogP contribution < -0.4 is 26.1 Å². The number of allylic oxidation sites excluding steroid dienone is 2. The fraction of sp³-hybridized carbons (Fsp3) is 0.250. The highest BCUT2D eigenvalue weighted by atomic mass is 15.2. The van der Waals surface area contributed by atoms with Gasteiger partial charge in [0.05, 0.1) is 17.4 Å². The quantitative estimate of drug-likeness (QED) is 0.760. The van der Waals surface area contributed by atoms with E-state index < -0.39 is 0 Å². The molecule has 0 amide bonds. The van der Waals surface area contributed by atoms with Crippen molar-refractivity contribution in [1.82, 2.24) is 15.6 Å². The van der Waals surface area contributed by atoms with Crippen molar-refractivity contribution >= 4 is 29.9 Å². The van der Waals surface area contributed by atoms with Crippen LogP contribution in [0.3, 0.4) is 0 Å². The first-order valence-electron chi connectivity index (χ1n) is 9.91. The summed E-state index contributed by atoms with van der Waals surface area (Å²) < 4.78 is 0. The minimum atomic E-state index is 0.191. The van der Waals surface area contributed by atoms with Crippen LogP contribution in [0.15, 0.2) is 48.1 Å². The van der Waals surface area contributed by atoms with Crippen LogP contribution in [0, 0.1) is 6.92 Å². The Labute approximate surface area is 165 Å². The van der Waals surface area contributed by atoms with Crippen LogP contribution in [-0.2, 0) is 0 Å². The van der Waals surface area contributed by atoms with Crippen molar-refractivity contribution in [3.63, 3.8) is 0 Å². The molecule has 3 aliphatic rings. The Balaban J connectivity index is 1.50. The summed E-state index contributed by atoms with van der Waals surface area (Å²) in [6.45, 7) is 5.29. The normalized spacial score (nSPS) is 22.6. The van der Waals surface area contributed by atoms with Gasteiger partial charge in [-0.1, -0.05) is 48.6 Å². The van der Waals surface area contributed by atoms with E-state index in [-0.39, 0.29) is 12.1 Å². The maximum atomic E-state index is 3.78. The zero-order valence-electron chi connectivity index (χ0n) is 16.6. The maximum absolute atomic E-state index is 3.78. The molecule has 3 aliphatic heterocycles. The number of hydrogen-bond acceptors (Lipinski definition) is 3. The fourth-order valence-electron chi connectivity index (χ4n) is 4.35. The molecular formula is C24H26N4. The Bertz CT molecular complexity index is 1150. The molecule has 2 atom stereocenters. The van der Waals surface area contributed by atoms with Crippen LogP contribution >= 0.6 is 0 Å². The topological polar surface area (TPSA) is 43.1 Å². The summed E-state index contributed by atoms with van der Waals surface area (Å²) in [6.07, 6.45) is 13.5. The highest BCUT2D eigenvalue weighted by Gasteiger charge is 2.24. The predicted molar refractivity (Wildman–Crippen MR) is 118 cm³/mol. The first-order valence-corrected chi connectivity index (χ1v) is 9.91. The van der Waals surface area contributed by atoms with E-state index >= 15 is 0 Å². The highest BCUT2D eigenvalue weighted by molar-refractivity contribution is 5.74. The van der Waals surface area contributed by atoms with E-state index in [0.29, 0.717) is 0 Å². The van der Waals surface area contributed by atoms with Crippen molar-refractivity contribution in [2.75, 3.05) is 18.5 Å². The molecule has 1 aromatic carbocycles. The number of nitrogens with zero attached hydrogens (tertiary/aromatic N) is 1. The Morgan fingerprint density at radius 3 is 2.79 bits per heavy atom. The van der Waals surface area contributed by atoms with Gasteiger partial charge in [0, 0.05) is 41.8 Å². The molecule has 28 heavy (non-hydrogen) atoms. The third-order valence-corrected chi connectivity index (χ3v) is 5.96. The number of benzene rings is 1. The number of aryl methyl sites for hydroxylation is 1. The molecule has 0 spiro atoms. The van der Waals surface area contributed by atoms with E-state index in [1.165, 1.54) is 39.0 Å². The van der Waals surface area contributed by atoms with Gasteiger partial charge in [0.15, 0.2) is 0 Å². The molecule has 4 heteroatoms. The summed E-state index contributed by atoms with van der Waals surface area (Å²) in [5, 5.41) is 9.81. The molecular weight excluding hydrogens is 344 g/mol. The van der Waals surface area contributed by atoms with Crippen molar-refractivity contribution in [3.05, 3.63) is 75.3 Å². The summed E-state index contributed by atoms with van der Waals surface area (Å²) in [6, 6.07) is 8.96. The summed E-state index contributed by atoms with van der Waals surface area (Å²) in [5.41, 5.74) is 6.35. The van der Waals surface area contributed by atoms with Crippen molar-refractivity contribution in [2.24, 2.45) is 0 Å². The Hall–Kier alpha value is -3.14. The lowest BCUT2D eigenvalue weighted by molar-refractivity contribution is 0.597. The third-order valence-electron chi connectivity index (χ3n) is 5.96. The first kappa shape index (κ1) is 17.0. The van der Waals surface area contributed by atoms with Crippen LogP contribution in [-0.4, -0.2) is 30.7 Å². The average molecular weight is 371 g/mol. The lowest BCUT2D eigenvalue weighted by Gasteiger charge is -2.31. The maximum Gasteiger partial charge on any atom is 0.114 e. The minimum absolute atomic E-state index is 0.191. The van der Waals surface area contributed by atoms with Crippen LogP contribution in [0.1, 0.15) is 23.6 Å². The van der Waals surface area contributed by atoms with Crippen molar-refractivity contribution in [3.8, 4) is 0 Å². The molecule has 0 aliphatic carbocycles. The summed E-state index contributed by atoms with van der Waals surface area (Å²) in [7, 11) is 2.13. The van der Waals surface area contributed by atoms with E-state index in [0.717, 1.165) is 11.9 Å². The standard InChI is InChI=1S/C24H26N4/c1-15-7-4-5-8-17(15)23-16(2)10-11-20(26-23)21-13-19-18-9-6-12-28(3)24(18)27-22(19)14-25-21/h4-11,13-14,20-21,25-27H,12H2,1-3H3. The number of aromatic nitrogens is 1. The lowest BCUT2D eigenvalue weighted by atomic mass is 9.94. The van der Waals surface area contributed by atoms with Gasteiger partial charge in [-0.15, -0.1) is 0 Å². The van der Waals surface area contributed by atoms with Gasteiger partial charge in [-0.05, 0) is 31.1 Å². The van der Waals surface area contributed by atoms with Crippen LogP contribution in [0.5, 0.6) is 0 Å². The van der Waals surface area contributed by atoms with Gasteiger partial charge in [-0.2, -0.15) is 0 Å². The molecule has 1 aromatic heterocycles. The molecule has 5 rings (SSSR count).